The van der Waals surface area contributed by atoms with E-state index in [0.29, 0.717) is 0 Å². The number of hydrogen-bond acceptors (Lipinski definition) is 5. The van der Waals surface area contributed by atoms with Crippen molar-refractivity contribution in [3.63, 3.8) is 0 Å². The molecule has 1 aliphatic carbocycles. The summed E-state index contributed by atoms with van der Waals surface area (Å²) in [5.41, 5.74) is 4.38. The summed E-state index contributed by atoms with van der Waals surface area (Å²) in [6.45, 7) is 4.24. The third-order valence-electron chi connectivity index (χ3n) is 3.80. The highest BCUT2D eigenvalue weighted by molar-refractivity contribution is 7.99. The quantitative estimate of drug-likeness (QED) is 0.671. The molecule has 4 nitrogen and oxygen atoms in total. The van der Waals surface area contributed by atoms with Gasteiger partial charge in [0.05, 0.1) is 5.69 Å². The van der Waals surface area contributed by atoms with Crippen LogP contribution in [0.4, 0.5) is 0 Å². The lowest BCUT2D eigenvalue weighted by Gasteiger charge is -2.10. The maximum atomic E-state index is 12.1. The standard InChI is InChI=1S/C16H19N3OS2/c1-3-21-15-12(10(2)7-8-17-15)9-22-16-18-13-6-4-5-11(13)14(20)19-16/h7-8H,3-6,9H2,1-2H3,(H,18,19,20). The van der Waals surface area contributed by atoms with Gasteiger partial charge in [-0.1, -0.05) is 18.7 Å². The van der Waals surface area contributed by atoms with E-state index in [4.69, 9.17) is 0 Å². The normalized spacial score (nSPS) is 13.4. The Bertz CT molecular complexity index is 743. The first-order valence-electron chi connectivity index (χ1n) is 7.51. The minimum Gasteiger partial charge on any atom is -0.301 e. The number of fused-ring (bicyclic) bond motifs is 1. The molecule has 0 aliphatic heterocycles. The second kappa shape index (κ2) is 6.87. The summed E-state index contributed by atoms with van der Waals surface area (Å²) >= 11 is 3.35. The Balaban J connectivity index is 1.81. The highest BCUT2D eigenvalue weighted by atomic mass is 32.2. The zero-order valence-electron chi connectivity index (χ0n) is 12.8. The molecule has 6 heteroatoms. The molecule has 0 fully saturated rings. The molecule has 0 aromatic carbocycles. The minimum atomic E-state index is 0.0380. The van der Waals surface area contributed by atoms with Crippen molar-refractivity contribution < 1.29 is 0 Å². The first-order chi connectivity index (χ1) is 10.7. The molecule has 0 bridgehead atoms. The lowest BCUT2D eigenvalue weighted by molar-refractivity contribution is 0.869. The van der Waals surface area contributed by atoms with Crippen molar-refractivity contribution in [1.29, 1.82) is 0 Å². The van der Waals surface area contributed by atoms with Crippen LogP contribution in [0.15, 0.2) is 27.2 Å². The van der Waals surface area contributed by atoms with Gasteiger partial charge >= 0.3 is 0 Å². The number of aromatic amines is 1. The molecule has 0 spiro atoms. The zero-order valence-corrected chi connectivity index (χ0v) is 14.4. The van der Waals surface area contributed by atoms with Crippen molar-refractivity contribution in [2.24, 2.45) is 0 Å². The molecule has 3 rings (SSSR count). The average molecular weight is 333 g/mol. The number of pyridine rings is 1. The highest BCUT2D eigenvalue weighted by Crippen LogP contribution is 2.29. The van der Waals surface area contributed by atoms with Crippen LogP contribution in [0.1, 0.15) is 35.7 Å². The monoisotopic (exact) mass is 333 g/mol. The number of hydrogen-bond donors (Lipinski definition) is 1. The fraction of sp³-hybridized carbons (Fsp3) is 0.438. The third-order valence-corrected chi connectivity index (χ3v) is 5.62. The molecule has 0 unspecified atom stereocenters. The van der Waals surface area contributed by atoms with Crippen LogP contribution in [0.25, 0.3) is 0 Å². The summed E-state index contributed by atoms with van der Waals surface area (Å²) < 4.78 is 0. The SMILES string of the molecule is CCSc1nccc(C)c1CSc1nc2c(c(=O)[nH]1)CCC2. The summed E-state index contributed by atoms with van der Waals surface area (Å²) in [4.78, 5) is 24.1. The molecule has 0 saturated carbocycles. The zero-order chi connectivity index (χ0) is 15.5. The minimum absolute atomic E-state index is 0.0380. The van der Waals surface area contributed by atoms with Gasteiger partial charge < -0.3 is 4.98 Å². The molecule has 2 aromatic heterocycles. The van der Waals surface area contributed by atoms with Crippen molar-refractivity contribution in [2.45, 2.75) is 49.0 Å². The number of rotatable bonds is 5. The maximum Gasteiger partial charge on any atom is 0.254 e. The summed E-state index contributed by atoms with van der Waals surface area (Å²) in [5, 5.41) is 1.81. The van der Waals surface area contributed by atoms with Gasteiger partial charge in [0.15, 0.2) is 5.16 Å². The topological polar surface area (TPSA) is 58.6 Å². The predicted octanol–water partition coefficient (Wildman–Crippen LogP) is 3.37. The molecule has 2 aromatic rings. The molecule has 0 atom stereocenters. The molecule has 0 radical (unpaired) electrons. The Morgan fingerprint density at radius 1 is 1.32 bits per heavy atom. The Hall–Kier alpha value is -1.27. The molecule has 22 heavy (non-hydrogen) atoms. The molecular formula is C16H19N3OS2. The van der Waals surface area contributed by atoms with E-state index in [-0.39, 0.29) is 5.56 Å². The van der Waals surface area contributed by atoms with Crippen LogP contribution in [0.3, 0.4) is 0 Å². The fourth-order valence-corrected chi connectivity index (χ4v) is 4.52. The summed E-state index contributed by atoms with van der Waals surface area (Å²) in [6, 6.07) is 2.04. The van der Waals surface area contributed by atoms with E-state index < -0.39 is 0 Å². The van der Waals surface area contributed by atoms with Gasteiger partial charge in [-0.2, -0.15) is 0 Å². The lowest BCUT2D eigenvalue weighted by Crippen LogP contribution is -2.15. The van der Waals surface area contributed by atoms with Gasteiger partial charge in [0, 0.05) is 17.5 Å². The predicted molar refractivity (Wildman–Crippen MR) is 91.8 cm³/mol. The molecular weight excluding hydrogens is 314 g/mol. The van der Waals surface area contributed by atoms with Crippen LogP contribution in [0.2, 0.25) is 0 Å². The van der Waals surface area contributed by atoms with E-state index >= 15 is 0 Å². The Kier molecular flexibility index (Phi) is 4.88. The molecule has 1 aliphatic rings. The van der Waals surface area contributed by atoms with Crippen LogP contribution >= 0.6 is 23.5 Å². The van der Waals surface area contributed by atoms with Gasteiger partial charge in [0.25, 0.3) is 5.56 Å². The van der Waals surface area contributed by atoms with Crippen LogP contribution in [0, 0.1) is 6.92 Å². The Morgan fingerprint density at radius 2 is 2.18 bits per heavy atom. The molecule has 1 N–H and O–H groups in total. The van der Waals surface area contributed by atoms with E-state index in [2.05, 4.69) is 28.8 Å². The Labute approximate surface area is 138 Å². The first kappa shape index (κ1) is 15.6. The third kappa shape index (κ3) is 3.22. The van der Waals surface area contributed by atoms with E-state index in [1.54, 1.807) is 23.5 Å². The first-order valence-corrected chi connectivity index (χ1v) is 9.48. The molecule has 0 saturated heterocycles. The Morgan fingerprint density at radius 3 is 3.00 bits per heavy atom. The van der Waals surface area contributed by atoms with Gasteiger partial charge in [-0.05, 0) is 49.1 Å². The second-order valence-electron chi connectivity index (χ2n) is 5.28. The number of nitrogens with zero attached hydrogens (tertiary/aromatic N) is 2. The maximum absolute atomic E-state index is 12.1. The van der Waals surface area contributed by atoms with Crippen molar-refractivity contribution >= 4 is 23.5 Å². The van der Waals surface area contributed by atoms with Crippen LogP contribution in [-0.2, 0) is 18.6 Å². The number of H-pyrrole nitrogens is 1. The smallest absolute Gasteiger partial charge is 0.254 e. The summed E-state index contributed by atoms with van der Waals surface area (Å²) in [6.07, 6.45) is 4.69. The van der Waals surface area contributed by atoms with Crippen molar-refractivity contribution in [1.82, 2.24) is 15.0 Å². The molecule has 116 valence electrons. The van der Waals surface area contributed by atoms with Crippen molar-refractivity contribution in [3.8, 4) is 0 Å². The number of nitrogens with one attached hydrogen (secondary N) is 1. The van der Waals surface area contributed by atoms with E-state index in [1.165, 1.54) is 11.1 Å². The van der Waals surface area contributed by atoms with Crippen LogP contribution in [-0.4, -0.2) is 20.7 Å². The number of aromatic nitrogens is 3. The van der Waals surface area contributed by atoms with Crippen molar-refractivity contribution in [2.75, 3.05) is 5.75 Å². The number of thioether (sulfide) groups is 2. The fourth-order valence-electron chi connectivity index (χ4n) is 2.63. The molecule has 2 heterocycles. The van der Waals surface area contributed by atoms with E-state index in [9.17, 15) is 4.79 Å². The van der Waals surface area contributed by atoms with Gasteiger partial charge in [-0.15, -0.1) is 11.8 Å². The summed E-state index contributed by atoms with van der Waals surface area (Å²) in [5.74, 6) is 1.78. The highest BCUT2D eigenvalue weighted by Gasteiger charge is 2.17. The van der Waals surface area contributed by atoms with Gasteiger partial charge in [0.2, 0.25) is 0 Å². The number of aryl methyl sites for hydroxylation is 2. The van der Waals surface area contributed by atoms with Crippen LogP contribution in [0.5, 0.6) is 0 Å². The van der Waals surface area contributed by atoms with Gasteiger partial charge in [-0.25, -0.2) is 9.97 Å². The summed E-state index contributed by atoms with van der Waals surface area (Å²) in [7, 11) is 0. The van der Waals surface area contributed by atoms with Crippen molar-refractivity contribution in [3.05, 3.63) is 45.0 Å². The largest absolute Gasteiger partial charge is 0.301 e. The molecule has 0 amide bonds. The van der Waals surface area contributed by atoms with E-state index in [0.717, 1.165) is 52.2 Å². The lowest BCUT2D eigenvalue weighted by atomic mass is 10.2. The van der Waals surface area contributed by atoms with Gasteiger partial charge in [-0.3, -0.25) is 4.79 Å². The van der Waals surface area contributed by atoms with Gasteiger partial charge in [0.1, 0.15) is 5.03 Å². The van der Waals surface area contributed by atoms with Crippen LogP contribution < -0.4 is 5.56 Å². The second-order valence-corrected chi connectivity index (χ2v) is 7.50. The average Bonchev–Trinajstić information content (AvgIpc) is 2.96. The van der Waals surface area contributed by atoms with E-state index in [1.807, 2.05) is 12.3 Å².